The van der Waals surface area contributed by atoms with Gasteiger partial charge >= 0.3 is 0 Å². The van der Waals surface area contributed by atoms with E-state index < -0.39 is 11.7 Å². The number of rotatable bonds is 2. The number of nitrogen functional groups attached to an aromatic ring is 1. The summed E-state index contributed by atoms with van der Waals surface area (Å²) in [4.78, 5) is 12.0. The zero-order chi connectivity index (χ0) is 14.0. The number of hydrogen-bond acceptors (Lipinski definition) is 2. The van der Waals surface area contributed by atoms with E-state index in [4.69, 9.17) is 5.73 Å². The van der Waals surface area contributed by atoms with Gasteiger partial charge in [0.2, 0.25) is 0 Å². The molecule has 5 heteroatoms. The number of halogens is 2. The van der Waals surface area contributed by atoms with Gasteiger partial charge in [-0.25, -0.2) is 4.39 Å². The summed E-state index contributed by atoms with van der Waals surface area (Å²) in [6, 6.07) is 9.42. The number of hydrogen-bond donors (Lipinski definition) is 2. The first kappa shape index (κ1) is 13.5. The summed E-state index contributed by atoms with van der Waals surface area (Å²) in [5, 5.41) is 2.49. The van der Waals surface area contributed by atoms with E-state index in [9.17, 15) is 9.18 Å². The molecule has 0 atom stereocenters. The van der Waals surface area contributed by atoms with Crippen LogP contribution in [0.4, 0.5) is 15.8 Å². The number of para-hydroxylation sites is 1. The second kappa shape index (κ2) is 5.40. The summed E-state index contributed by atoms with van der Waals surface area (Å²) in [6.07, 6.45) is 0. The van der Waals surface area contributed by atoms with Crippen molar-refractivity contribution in [1.82, 2.24) is 0 Å². The lowest BCUT2D eigenvalue weighted by Crippen LogP contribution is -2.14. The normalized spacial score (nSPS) is 10.3. The fraction of sp³-hybridized carbons (Fsp3) is 0.0714. The molecule has 0 radical (unpaired) electrons. The molecule has 0 unspecified atom stereocenters. The van der Waals surface area contributed by atoms with Crippen molar-refractivity contribution in [3.05, 3.63) is 57.8 Å². The first-order valence-electron chi connectivity index (χ1n) is 5.60. The molecule has 98 valence electrons. The molecule has 2 rings (SSSR count). The molecule has 0 fully saturated rings. The van der Waals surface area contributed by atoms with Gasteiger partial charge in [-0.3, -0.25) is 4.79 Å². The van der Waals surface area contributed by atoms with Crippen molar-refractivity contribution in [1.29, 1.82) is 0 Å². The summed E-state index contributed by atoms with van der Waals surface area (Å²) in [5.74, 6) is -0.949. The van der Waals surface area contributed by atoms with Crippen molar-refractivity contribution < 1.29 is 9.18 Å². The van der Waals surface area contributed by atoms with Crippen molar-refractivity contribution in [2.45, 2.75) is 6.92 Å². The van der Waals surface area contributed by atoms with Crippen LogP contribution in [0.5, 0.6) is 0 Å². The Morgan fingerprint density at radius 2 is 2.05 bits per heavy atom. The molecule has 0 spiro atoms. The summed E-state index contributed by atoms with van der Waals surface area (Å²) in [6.45, 7) is 1.87. The Morgan fingerprint density at radius 3 is 2.68 bits per heavy atom. The van der Waals surface area contributed by atoms with Gasteiger partial charge in [0, 0.05) is 10.0 Å². The van der Waals surface area contributed by atoms with Crippen molar-refractivity contribution in [3.8, 4) is 0 Å². The van der Waals surface area contributed by atoms with Crippen LogP contribution < -0.4 is 11.1 Å². The molecule has 19 heavy (non-hydrogen) atoms. The molecule has 0 bridgehead atoms. The minimum atomic E-state index is -0.554. The molecule has 3 nitrogen and oxygen atoms in total. The Bertz CT molecular complexity index is 623. The predicted molar refractivity (Wildman–Crippen MR) is 77.6 cm³/mol. The largest absolute Gasteiger partial charge is 0.397 e. The standard InChI is InChI=1S/C14H12BrFN2O/c1-8-7-9(5-6-10(8)15)14(19)18-13-11(16)3-2-4-12(13)17/h2-7H,17H2,1H3,(H,18,19). The second-order valence-electron chi connectivity index (χ2n) is 4.12. The number of nitrogens with one attached hydrogen (secondary N) is 1. The lowest BCUT2D eigenvalue weighted by atomic mass is 10.1. The molecule has 0 saturated heterocycles. The van der Waals surface area contributed by atoms with E-state index in [2.05, 4.69) is 21.2 Å². The van der Waals surface area contributed by atoms with Crippen LogP contribution in [0.15, 0.2) is 40.9 Å². The van der Waals surface area contributed by atoms with Crippen molar-refractivity contribution in [2.75, 3.05) is 11.1 Å². The second-order valence-corrected chi connectivity index (χ2v) is 4.98. The van der Waals surface area contributed by atoms with E-state index in [0.29, 0.717) is 5.56 Å². The SMILES string of the molecule is Cc1cc(C(=O)Nc2c(N)cccc2F)ccc1Br. The maximum Gasteiger partial charge on any atom is 0.255 e. The highest BCUT2D eigenvalue weighted by Crippen LogP contribution is 2.23. The van der Waals surface area contributed by atoms with E-state index >= 15 is 0 Å². The molecule has 0 aliphatic carbocycles. The van der Waals surface area contributed by atoms with Gasteiger partial charge in [-0.1, -0.05) is 22.0 Å². The van der Waals surface area contributed by atoms with Crippen LogP contribution in [0.3, 0.4) is 0 Å². The Hall–Kier alpha value is -1.88. The fourth-order valence-electron chi connectivity index (χ4n) is 1.64. The Labute approximate surface area is 118 Å². The topological polar surface area (TPSA) is 55.1 Å². The van der Waals surface area contributed by atoms with E-state index in [1.54, 1.807) is 18.2 Å². The van der Waals surface area contributed by atoms with Gasteiger partial charge in [0.15, 0.2) is 0 Å². The van der Waals surface area contributed by atoms with E-state index in [0.717, 1.165) is 10.0 Å². The number of aryl methyl sites for hydroxylation is 1. The minimum Gasteiger partial charge on any atom is -0.397 e. The number of anilines is 2. The van der Waals surface area contributed by atoms with Gasteiger partial charge < -0.3 is 11.1 Å². The summed E-state index contributed by atoms with van der Waals surface area (Å²) < 4.78 is 14.5. The number of carbonyl (C=O) groups excluding carboxylic acids is 1. The van der Waals surface area contributed by atoms with Crippen LogP contribution in [0.1, 0.15) is 15.9 Å². The molecule has 0 aliphatic heterocycles. The third-order valence-corrected chi connectivity index (χ3v) is 3.59. The van der Waals surface area contributed by atoms with Crippen molar-refractivity contribution in [2.24, 2.45) is 0 Å². The van der Waals surface area contributed by atoms with Crippen LogP contribution in [-0.2, 0) is 0 Å². The van der Waals surface area contributed by atoms with Crippen LogP contribution in [-0.4, -0.2) is 5.91 Å². The highest BCUT2D eigenvalue weighted by atomic mass is 79.9. The lowest BCUT2D eigenvalue weighted by molar-refractivity contribution is 0.102. The minimum absolute atomic E-state index is 0.00747. The summed E-state index contributed by atoms with van der Waals surface area (Å²) in [5.41, 5.74) is 7.22. The molecule has 0 heterocycles. The maximum atomic E-state index is 13.6. The van der Waals surface area contributed by atoms with Crippen LogP contribution >= 0.6 is 15.9 Å². The Balaban J connectivity index is 2.28. The Morgan fingerprint density at radius 1 is 1.32 bits per heavy atom. The number of benzene rings is 2. The third-order valence-electron chi connectivity index (χ3n) is 2.70. The molecule has 0 aromatic heterocycles. The smallest absolute Gasteiger partial charge is 0.255 e. The first-order valence-corrected chi connectivity index (χ1v) is 6.40. The van der Waals surface area contributed by atoms with Gasteiger partial charge in [0.05, 0.1) is 5.69 Å². The van der Waals surface area contributed by atoms with E-state index in [1.165, 1.54) is 18.2 Å². The molecule has 3 N–H and O–H groups in total. The quantitative estimate of drug-likeness (QED) is 0.828. The maximum absolute atomic E-state index is 13.6. The highest BCUT2D eigenvalue weighted by Gasteiger charge is 2.12. The summed E-state index contributed by atoms with van der Waals surface area (Å²) >= 11 is 3.36. The average Bonchev–Trinajstić information content (AvgIpc) is 2.37. The first-order chi connectivity index (χ1) is 8.99. The molecular formula is C14H12BrFN2O. The van der Waals surface area contributed by atoms with Crippen LogP contribution in [0.25, 0.3) is 0 Å². The van der Waals surface area contributed by atoms with E-state index in [-0.39, 0.29) is 11.4 Å². The number of carbonyl (C=O) groups is 1. The van der Waals surface area contributed by atoms with Crippen molar-refractivity contribution >= 4 is 33.2 Å². The van der Waals surface area contributed by atoms with Gasteiger partial charge in [-0.05, 0) is 42.8 Å². The van der Waals surface area contributed by atoms with Crippen LogP contribution in [0, 0.1) is 12.7 Å². The van der Waals surface area contributed by atoms with Gasteiger partial charge in [0.1, 0.15) is 11.5 Å². The summed E-state index contributed by atoms with van der Waals surface area (Å²) in [7, 11) is 0. The number of amides is 1. The predicted octanol–water partition coefficient (Wildman–Crippen LogP) is 3.73. The van der Waals surface area contributed by atoms with Crippen molar-refractivity contribution in [3.63, 3.8) is 0 Å². The zero-order valence-corrected chi connectivity index (χ0v) is 11.8. The van der Waals surface area contributed by atoms with Gasteiger partial charge in [-0.15, -0.1) is 0 Å². The highest BCUT2D eigenvalue weighted by molar-refractivity contribution is 9.10. The molecule has 1 amide bonds. The van der Waals surface area contributed by atoms with Crippen LogP contribution in [0.2, 0.25) is 0 Å². The molecule has 0 saturated carbocycles. The fourth-order valence-corrected chi connectivity index (χ4v) is 1.89. The monoisotopic (exact) mass is 322 g/mol. The zero-order valence-electron chi connectivity index (χ0n) is 10.2. The molecule has 2 aromatic rings. The lowest BCUT2D eigenvalue weighted by Gasteiger charge is -2.09. The molecule has 2 aromatic carbocycles. The third kappa shape index (κ3) is 2.93. The van der Waals surface area contributed by atoms with E-state index in [1.807, 2.05) is 6.92 Å². The molecular weight excluding hydrogens is 311 g/mol. The van der Waals surface area contributed by atoms with Gasteiger partial charge in [-0.2, -0.15) is 0 Å². The average molecular weight is 323 g/mol. The number of nitrogens with two attached hydrogens (primary N) is 1. The van der Waals surface area contributed by atoms with Gasteiger partial charge in [0.25, 0.3) is 5.91 Å². The Kier molecular flexibility index (Phi) is 3.85. The molecule has 0 aliphatic rings.